The van der Waals surface area contributed by atoms with Crippen molar-refractivity contribution in [2.24, 2.45) is 0 Å². The largest absolute Gasteiger partial charge is 0.477 e. The first-order valence-electron chi connectivity index (χ1n) is 7.58. The van der Waals surface area contributed by atoms with E-state index in [2.05, 4.69) is 33.5 Å². The summed E-state index contributed by atoms with van der Waals surface area (Å²) in [5.74, 6) is -6.01. The predicted octanol–water partition coefficient (Wildman–Crippen LogP) is 3.38. The van der Waals surface area contributed by atoms with Gasteiger partial charge in [-0.15, -0.1) is 0 Å². The van der Waals surface area contributed by atoms with E-state index in [4.69, 9.17) is 5.11 Å². The lowest BCUT2D eigenvalue weighted by atomic mass is 9.97. The van der Waals surface area contributed by atoms with Crippen molar-refractivity contribution >= 4 is 21.9 Å². The highest BCUT2D eigenvalue weighted by Gasteiger charge is 2.41. The minimum absolute atomic E-state index is 0.144. The molecule has 0 aromatic heterocycles. The van der Waals surface area contributed by atoms with Crippen LogP contribution in [0, 0.1) is 0 Å². The number of carboxylic acids is 1. The fourth-order valence-corrected chi connectivity index (χ4v) is 3.83. The topological polar surface area (TPSA) is 61.4 Å². The second kappa shape index (κ2) is 7.23. The molecule has 3 N–H and O–H groups in total. The zero-order valence-corrected chi connectivity index (χ0v) is 14.6. The van der Waals surface area contributed by atoms with Gasteiger partial charge in [-0.1, -0.05) is 34.1 Å². The van der Waals surface area contributed by atoms with Gasteiger partial charge in [0, 0.05) is 23.7 Å². The molecule has 1 aliphatic heterocycles. The maximum Gasteiger partial charge on any atom is 0.379 e. The number of nitrogens with one attached hydrogen (secondary N) is 2. The van der Waals surface area contributed by atoms with Crippen LogP contribution in [0.1, 0.15) is 43.9 Å². The van der Waals surface area contributed by atoms with Crippen LogP contribution < -0.4 is 10.6 Å². The lowest BCUT2D eigenvalue weighted by Crippen LogP contribution is -2.48. The summed E-state index contributed by atoms with van der Waals surface area (Å²) in [6.45, 7) is 3.99. The van der Waals surface area contributed by atoms with Gasteiger partial charge in [-0.25, -0.2) is 4.79 Å². The summed E-state index contributed by atoms with van der Waals surface area (Å²) in [7, 11) is 0. The van der Waals surface area contributed by atoms with Crippen LogP contribution in [0.2, 0.25) is 0 Å². The Morgan fingerprint density at radius 2 is 2.17 bits per heavy atom. The molecule has 0 radical (unpaired) electrons. The lowest BCUT2D eigenvalue weighted by molar-refractivity contribution is -0.166. The van der Waals surface area contributed by atoms with Crippen LogP contribution in [0.3, 0.4) is 0 Å². The van der Waals surface area contributed by atoms with Crippen LogP contribution in [0.4, 0.5) is 8.78 Å². The molecule has 1 heterocycles. The predicted molar refractivity (Wildman–Crippen MR) is 87.9 cm³/mol. The summed E-state index contributed by atoms with van der Waals surface area (Å²) in [5, 5.41) is 15.5. The summed E-state index contributed by atoms with van der Waals surface area (Å²) >= 11 is 3.55. The number of alkyl halides is 3. The summed E-state index contributed by atoms with van der Waals surface area (Å²) < 4.78 is 27.3. The van der Waals surface area contributed by atoms with E-state index in [1.54, 1.807) is 6.07 Å². The molecule has 1 aromatic carbocycles. The van der Waals surface area contributed by atoms with E-state index in [0.717, 1.165) is 18.9 Å². The van der Waals surface area contributed by atoms with Crippen LogP contribution in [-0.4, -0.2) is 28.1 Å². The van der Waals surface area contributed by atoms with Crippen molar-refractivity contribution in [3.63, 3.8) is 0 Å². The molecule has 1 saturated heterocycles. The van der Waals surface area contributed by atoms with Crippen molar-refractivity contribution in [1.29, 1.82) is 0 Å². The number of piperidine rings is 1. The molecule has 1 aliphatic rings. The second-order valence-corrected chi connectivity index (χ2v) is 7.20. The Hall–Kier alpha value is -1.05. The van der Waals surface area contributed by atoms with E-state index in [1.807, 2.05) is 6.92 Å². The first kappa shape index (κ1) is 18.3. The number of halogens is 3. The van der Waals surface area contributed by atoms with Crippen LogP contribution in [0.15, 0.2) is 24.3 Å². The zero-order valence-electron chi connectivity index (χ0n) is 13.0. The van der Waals surface area contributed by atoms with Crippen molar-refractivity contribution in [2.45, 2.75) is 55.7 Å². The molecule has 23 heavy (non-hydrogen) atoms. The number of rotatable bonds is 5. The summed E-state index contributed by atoms with van der Waals surface area (Å²) in [6, 6.07) is 6.09. The number of carboxylic acid groups (broad SMARTS) is 1. The maximum absolute atomic E-state index is 13.6. The van der Waals surface area contributed by atoms with Gasteiger partial charge >= 0.3 is 11.9 Å². The normalized spacial score (nSPS) is 26.7. The average Bonchev–Trinajstić information content (AvgIpc) is 2.46. The van der Waals surface area contributed by atoms with Gasteiger partial charge in [-0.3, -0.25) is 0 Å². The van der Waals surface area contributed by atoms with Gasteiger partial charge in [0.2, 0.25) is 0 Å². The minimum atomic E-state index is -3.88. The zero-order chi connectivity index (χ0) is 17.2. The van der Waals surface area contributed by atoms with E-state index < -0.39 is 17.5 Å². The third-order valence-electron chi connectivity index (χ3n) is 4.10. The van der Waals surface area contributed by atoms with Gasteiger partial charge in [0.1, 0.15) is 0 Å². The molecule has 7 heteroatoms. The summed E-state index contributed by atoms with van der Waals surface area (Å²) in [5.41, 5.74) is 0.161. The highest BCUT2D eigenvalue weighted by Crippen LogP contribution is 2.30. The molecule has 0 unspecified atom stereocenters. The number of hydrogen-bond donors (Lipinski definition) is 3. The van der Waals surface area contributed by atoms with Crippen LogP contribution in [0.25, 0.3) is 0 Å². The second-order valence-electron chi connectivity index (χ2n) is 6.10. The smallest absolute Gasteiger partial charge is 0.379 e. The van der Waals surface area contributed by atoms with Gasteiger partial charge in [0.15, 0.2) is 0 Å². The molecule has 0 amide bonds. The standard InChI is InChI=1S/C16H21BrF2N2O2/c1-9-6-13(8-14(17)20-9)21-10(2)11-4-3-5-12(7-11)16(18,19)15(22)23/h3-5,7,9-10,13-14,20-21H,6,8H2,1-2H3,(H,22,23)/t9-,10-,13-,14+/m1/s1. The van der Waals surface area contributed by atoms with E-state index >= 15 is 0 Å². The van der Waals surface area contributed by atoms with Crippen LogP contribution >= 0.6 is 15.9 Å². The van der Waals surface area contributed by atoms with Gasteiger partial charge in [0.05, 0.1) is 4.95 Å². The molecule has 0 bridgehead atoms. The fourth-order valence-electron chi connectivity index (χ4n) is 2.93. The van der Waals surface area contributed by atoms with Gasteiger partial charge < -0.3 is 15.7 Å². The Balaban J connectivity index is 2.11. The Morgan fingerprint density at radius 1 is 1.48 bits per heavy atom. The third-order valence-corrected chi connectivity index (χ3v) is 4.74. The van der Waals surface area contributed by atoms with Crippen molar-refractivity contribution in [1.82, 2.24) is 10.6 Å². The van der Waals surface area contributed by atoms with Crippen LogP contribution in [-0.2, 0) is 10.7 Å². The van der Waals surface area contributed by atoms with Crippen molar-refractivity contribution < 1.29 is 18.7 Å². The number of carbonyl (C=O) groups is 1. The average molecular weight is 391 g/mol. The van der Waals surface area contributed by atoms with Gasteiger partial charge in [-0.2, -0.15) is 8.78 Å². The van der Waals surface area contributed by atoms with Crippen molar-refractivity contribution in [3.05, 3.63) is 35.4 Å². The minimum Gasteiger partial charge on any atom is -0.477 e. The summed E-state index contributed by atoms with van der Waals surface area (Å²) in [6.07, 6.45) is 1.83. The number of benzene rings is 1. The molecule has 1 fully saturated rings. The monoisotopic (exact) mass is 390 g/mol. The first-order chi connectivity index (χ1) is 10.7. The Morgan fingerprint density at radius 3 is 2.78 bits per heavy atom. The quantitative estimate of drug-likeness (QED) is 0.532. The molecule has 4 nitrogen and oxygen atoms in total. The van der Waals surface area contributed by atoms with Crippen LogP contribution in [0.5, 0.6) is 0 Å². The SMILES string of the molecule is C[C@@H]1C[C@@H](N[C@H](C)c2cccc(C(F)(F)C(=O)O)c2)C[C@@H](Br)N1. The van der Waals surface area contributed by atoms with E-state index in [1.165, 1.54) is 12.1 Å². The molecule has 4 atom stereocenters. The molecular weight excluding hydrogens is 370 g/mol. The highest BCUT2D eigenvalue weighted by atomic mass is 79.9. The van der Waals surface area contributed by atoms with Gasteiger partial charge in [0.25, 0.3) is 0 Å². The van der Waals surface area contributed by atoms with Crippen molar-refractivity contribution in [3.8, 4) is 0 Å². The Labute approximate surface area is 142 Å². The first-order valence-corrected chi connectivity index (χ1v) is 8.49. The Kier molecular flexibility index (Phi) is 5.75. The molecule has 0 spiro atoms. The Bertz CT molecular complexity index is 561. The molecule has 2 rings (SSSR count). The van der Waals surface area contributed by atoms with E-state index in [9.17, 15) is 13.6 Å². The molecule has 1 aromatic rings. The highest BCUT2D eigenvalue weighted by molar-refractivity contribution is 9.09. The molecule has 0 aliphatic carbocycles. The molecular formula is C16H21BrF2N2O2. The number of hydrogen-bond acceptors (Lipinski definition) is 3. The molecule has 0 saturated carbocycles. The molecule has 128 valence electrons. The fraction of sp³-hybridized carbons (Fsp3) is 0.562. The van der Waals surface area contributed by atoms with E-state index in [0.29, 0.717) is 11.6 Å². The van der Waals surface area contributed by atoms with Gasteiger partial charge in [-0.05, 0) is 38.3 Å². The summed E-state index contributed by atoms with van der Waals surface area (Å²) in [4.78, 5) is 10.9. The third kappa shape index (κ3) is 4.49. The van der Waals surface area contributed by atoms with Crippen molar-refractivity contribution in [2.75, 3.05) is 0 Å². The maximum atomic E-state index is 13.6. The lowest BCUT2D eigenvalue weighted by Gasteiger charge is -2.34. The van der Waals surface area contributed by atoms with E-state index in [-0.39, 0.29) is 17.0 Å². The number of aliphatic carboxylic acids is 1.